The fourth-order valence-corrected chi connectivity index (χ4v) is 3.67. The molecule has 0 radical (unpaired) electrons. The molecule has 0 saturated carbocycles. The van der Waals surface area contributed by atoms with Crippen molar-refractivity contribution < 1.29 is 9.90 Å². The summed E-state index contributed by atoms with van der Waals surface area (Å²) in [5, 5.41) is 12.9. The normalized spacial score (nSPS) is 11.2. The molecule has 120 valence electrons. The summed E-state index contributed by atoms with van der Waals surface area (Å²) in [5.74, 6) is 0.113. The van der Waals surface area contributed by atoms with E-state index in [1.54, 1.807) is 12.3 Å². The van der Waals surface area contributed by atoms with Crippen molar-refractivity contribution in [2.24, 2.45) is 10.9 Å². The third-order valence-electron chi connectivity index (χ3n) is 3.05. The monoisotopic (exact) mass is 534 g/mol. The zero-order valence-electron chi connectivity index (χ0n) is 12.7. The lowest BCUT2D eigenvalue weighted by molar-refractivity contribution is -0.118. The van der Waals surface area contributed by atoms with Crippen LogP contribution in [0.15, 0.2) is 41.4 Å². The Bertz CT molecular complexity index is 758. The van der Waals surface area contributed by atoms with Crippen molar-refractivity contribution in [3.05, 3.63) is 49.1 Å². The van der Waals surface area contributed by atoms with Gasteiger partial charge in [0.15, 0.2) is 0 Å². The Labute approximate surface area is 162 Å². The summed E-state index contributed by atoms with van der Waals surface area (Å²) in [7, 11) is 0. The number of aromatic hydroxyl groups is 1. The number of amides is 1. The van der Waals surface area contributed by atoms with Crippen molar-refractivity contribution >= 4 is 68.7 Å². The van der Waals surface area contributed by atoms with Gasteiger partial charge in [0.05, 0.1) is 9.26 Å². The van der Waals surface area contributed by atoms with E-state index >= 15 is 0 Å². The van der Waals surface area contributed by atoms with E-state index < -0.39 is 0 Å². The molecule has 6 heteroatoms. The van der Waals surface area contributed by atoms with Gasteiger partial charge in [-0.1, -0.05) is 19.9 Å². The SMILES string of the molecule is CC(C)C(=O)Nc1cccc(N=Cc2cc(I)cc(I)c2O)c1. The first-order valence-corrected chi connectivity index (χ1v) is 9.15. The van der Waals surface area contributed by atoms with E-state index in [-0.39, 0.29) is 17.6 Å². The molecule has 0 saturated heterocycles. The zero-order valence-corrected chi connectivity index (χ0v) is 17.0. The van der Waals surface area contributed by atoms with Crippen LogP contribution in [0.4, 0.5) is 11.4 Å². The molecule has 2 rings (SSSR count). The van der Waals surface area contributed by atoms with Gasteiger partial charge in [-0.2, -0.15) is 0 Å². The molecule has 2 aromatic carbocycles. The highest BCUT2D eigenvalue weighted by Gasteiger charge is 2.07. The lowest BCUT2D eigenvalue weighted by Gasteiger charge is -2.08. The summed E-state index contributed by atoms with van der Waals surface area (Å²) in [4.78, 5) is 16.1. The Balaban J connectivity index is 2.22. The second kappa shape index (κ2) is 8.09. The summed E-state index contributed by atoms with van der Waals surface area (Å²) in [6, 6.07) is 11.1. The van der Waals surface area contributed by atoms with Crippen molar-refractivity contribution in [3.63, 3.8) is 0 Å². The van der Waals surface area contributed by atoms with Gasteiger partial charge in [-0.25, -0.2) is 0 Å². The molecule has 0 bridgehead atoms. The largest absolute Gasteiger partial charge is 0.506 e. The Hall–Kier alpha value is -1.16. The van der Waals surface area contributed by atoms with Crippen molar-refractivity contribution in [1.29, 1.82) is 0 Å². The second-order valence-electron chi connectivity index (χ2n) is 5.28. The Morgan fingerprint density at radius 1 is 1.26 bits per heavy atom. The van der Waals surface area contributed by atoms with Crippen LogP contribution in [0.1, 0.15) is 19.4 Å². The van der Waals surface area contributed by atoms with E-state index in [1.807, 2.05) is 44.2 Å². The van der Waals surface area contributed by atoms with Gasteiger partial charge < -0.3 is 10.4 Å². The third-order valence-corrected chi connectivity index (χ3v) is 4.49. The molecular weight excluding hydrogens is 518 g/mol. The van der Waals surface area contributed by atoms with Gasteiger partial charge in [0.25, 0.3) is 0 Å². The number of carbonyl (C=O) groups excluding carboxylic acids is 1. The zero-order chi connectivity index (χ0) is 17.0. The van der Waals surface area contributed by atoms with Crippen LogP contribution >= 0.6 is 45.2 Å². The first-order chi connectivity index (χ1) is 10.9. The number of rotatable bonds is 4. The predicted molar refractivity (Wildman–Crippen MR) is 111 cm³/mol. The van der Waals surface area contributed by atoms with Crippen molar-refractivity contribution in [2.75, 3.05) is 5.32 Å². The molecule has 0 fully saturated rings. The smallest absolute Gasteiger partial charge is 0.226 e. The van der Waals surface area contributed by atoms with Gasteiger partial charge in [0.1, 0.15) is 5.75 Å². The molecule has 4 nitrogen and oxygen atoms in total. The van der Waals surface area contributed by atoms with E-state index in [0.717, 1.165) is 7.14 Å². The van der Waals surface area contributed by atoms with Gasteiger partial charge in [0.2, 0.25) is 5.91 Å². The maximum atomic E-state index is 11.7. The van der Waals surface area contributed by atoms with Gasteiger partial charge >= 0.3 is 0 Å². The maximum Gasteiger partial charge on any atom is 0.226 e. The standard InChI is InChI=1S/C17H16I2N2O2/c1-10(2)17(23)21-14-5-3-4-13(8-14)20-9-11-6-12(18)7-15(19)16(11)22/h3-10,22H,1-2H3,(H,21,23). The lowest BCUT2D eigenvalue weighted by Crippen LogP contribution is -2.17. The summed E-state index contributed by atoms with van der Waals surface area (Å²) < 4.78 is 1.82. The van der Waals surface area contributed by atoms with Crippen molar-refractivity contribution in [3.8, 4) is 5.75 Å². The fraction of sp³-hybridized carbons (Fsp3) is 0.176. The molecule has 2 aromatic rings. The number of aliphatic imine (C=N–C) groups is 1. The Kier molecular flexibility index (Phi) is 6.40. The van der Waals surface area contributed by atoms with Crippen LogP contribution in [0, 0.1) is 13.1 Å². The topological polar surface area (TPSA) is 61.7 Å². The number of benzene rings is 2. The minimum Gasteiger partial charge on any atom is -0.506 e. The van der Waals surface area contributed by atoms with Crippen LogP contribution in [-0.2, 0) is 4.79 Å². The minimum atomic E-state index is -0.0763. The van der Waals surface area contributed by atoms with Crippen LogP contribution in [0.5, 0.6) is 5.75 Å². The maximum absolute atomic E-state index is 11.7. The van der Waals surface area contributed by atoms with Crippen LogP contribution in [0.3, 0.4) is 0 Å². The average Bonchev–Trinajstić information content (AvgIpc) is 2.49. The molecule has 0 aliphatic heterocycles. The summed E-state index contributed by atoms with van der Waals surface area (Å²) in [6.07, 6.45) is 1.63. The van der Waals surface area contributed by atoms with E-state index in [0.29, 0.717) is 16.9 Å². The molecular formula is C17H16I2N2O2. The highest BCUT2D eigenvalue weighted by Crippen LogP contribution is 2.26. The molecule has 2 N–H and O–H groups in total. The van der Waals surface area contributed by atoms with E-state index in [9.17, 15) is 9.90 Å². The number of nitrogens with one attached hydrogen (secondary N) is 1. The highest BCUT2D eigenvalue weighted by atomic mass is 127. The number of carbonyl (C=O) groups is 1. The number of phenolic OH excluding ortho intramolecular Hbond substituents is 1. The van der Waals surface area contributed by atoms with Crippen LogP contribution < -0.4 is 5.32 Å². The first-order valence-electron chi connectivity index (χ1n) is 7.00. The van der Waals surface area contributed by atoms with Gasteiger partial charge in [-0.05, 0) is 75.5 Å². The van der Waals surface area contributed by atoms with E-state index in [4.69, 9.17) is 0 Å². The van der Waals surface area contributed by atoms with E-state index in [2.05, 4.69) is 55.5 Å². The first kappa shape index (κ1) is 18.2. The van der Waals surface area contributed by atoms with Gasteiger partial charge in [0, 0.05) is 27.0 Å². The number of hydrogen-bond donors (Lipinski definition) is 2. The number of phenols is 1. The highest BCUT2D eigenvalue weighted by molar-refractivity contribution is 14.1. The second-order valence-corrected chi connectivity index (χ2v) is 7.69. The average molecular weight is 534 g/mol. The predicted octanol–water partition coefficient (Wildman–Crippen LogP) is 4.95. The van der Waals surface area contributed by atoms with Gasteiger partial charge in [-0.3, -0.25) is 9.79 Å². The third kappa shape index (κ3) is 5.17. The Morgan fingerprint density at radius 2 is 2.00 bits per heavy atom. The van der Waals surface area contributed by atoms with Crippen LogP contribution in [-0.4, -0.2) is 17.2 Å². The molecule has 0 aromatic heterocycles. The number of hydrogen-bond acceptors (Lipinski definition) is 3. The molecule has 0 heterocycles. The summed E-state index contributed by atoms with van der Waals surface area (Å²) in [6.45, 7) is 3.69. The van der Waals surface area contributed by atoms with Crippen molar-refractivity contribution in [2.45, 2.75) is 13.8 Å². The lowest BCUT2D eigenvalue weighted by atomic mass is 10.2. The molecule has 0 aliphatic rings. The molecule has 0 atom stereocenters. The summed E-state index contributed by atoms with van der Waals surface area (Å²) >= 11 is 4.29. The van der Waals surface area contributed by atoms with E-state index in [1.165, 1.54) is 0 Å². The molecule has 0 unspecified atom stereocenters. The molecule has 0 spiro atoms. The Morgan fingerprint density at radius 3 is 2.70 bits per heavy atom. The van der Waals surface area contributed by atoms with Crippen molar-refractivity contribution in [1.82, 2.24) is 0 Å². The summed E-state index contributed by atoms with van der Waals surface area (Å²) in [5.41, 5.74) is 2.08. The van der Waals surface area contributed by atoms with Gasteiger partial charge in [-0.15, -0.1) is 0 Å². The fourth-order valence-electron chi connectivity index (χ4n) is 1.78. The van der Waals surface area contributed by atoms with Crippen LogP contribution in [0.2, 0.25) is 0 Å². The van der Waals surface area contributed by atoms with Crippen LogP contribution in [0.25, 0.3) is 0 Å². The molecule has 1 amide bonds. The number of halogens is 2. The number of anilines is 1. The quantitative estimate of drug-likeness (QED) is 0.431. The minimum absolute atomic E-state index is 0.0315. The molecule has 0 aliphatic carbocycles. The molecule has 23 heavy (non-hydrogen) atoms. The number of nitrogens with zero attached hydrogens (tertiary/aromatic N) is 1.